The van der Waals surface area contributed by atoms with Gasteiger partial charge in [0.1, 0.15) is 17.1 Å². The summed E-state index contributed by atoms with van der Waals surface area (Å²) in [5.74, 6) is 0.460. The molecule has 20 heavy (non-hydrogen) atoms. The van der Waals surface area contributed by atoms with Gasteiger partial charge in [-0.15, -0.1) is 0 Å². The summed E-state index contributed by atoms with van der Waals surface area (Å²) in [6.07, 6.45) is 0. The van der Waals surface area contributed by atoms with Gasteiger partial charge in [0.25, 0.3) is 5.91 Å². The van der Waals surface area contributed by atoms with Gasteiger partial charge in [-0.25, -0.2) is 0 Å². The van der Waals surface area contributed by atoms with Crippen LogP contribution in [0.3, 0.4) is 0 Å². The van der Waals surface area contributed by atoms with Crippen LogP contribution in [0.2, 0.25) is 0 Å². The Morgan fingerprint density at radius 3 is 2.30 bits per heavy atom. The van der Waals surface area contributed by atoms with E-state index >= 15 is 0 Å². The van der Waals surface area contributed by atoms with Crippen LogP contribution < -0.4 is 15.2 Å². The van der Waals surface area contributed by atoms with E-state index in [4.69, 9.17) is 20.4 Å². The first-order valence-corrected chi connectivity index (χ1v) is 6.05. The fourth-order valence-corrected chi connectivity index (χ4v) is 1.77. The second kappa shape index (κ2) is 7.22. The molecule has 0 spiro atoms. The maximum Gasteiger partial charge on any atom is 0.261 e. The third-order valence-electron chi connectivity index (χ3n) is 2.79. The summed E-state index contributed by atoms with van der Waals surface area (Å²) >= 11 is 0. The quantitative estimate of drug-likeness (QED) is 0.349. The SMILES string of the molecule is CCN(CC(N)=NO)C(=O)c1c(OC)cccc1OC. The number of carbonyl (C=O) groups excluding carboxylic acids is 1. The maximum atomic E-state index is 12.6. The van der Waals surface area contributed by atoms with E-state index in [0.717, 1.165) is 0 Å². The average molecular weight is 281 g/mol. The summed E-state index contributed by atoms with van der Waals surface area (Å²) in [5, 5.41) is 11.5. The zero-order valence-electron chi connectivity index (χ0n) is 11.8. The molecular weight excluding hydrogens is 262 g/mol. The van der Waals surface area contributed by atoms with Crippen molar-refractivity contribution in [3.8, 4) is 11.5 Å². The molecule has 1 rings (SSSR count). The Morgan fingerprint density at radius 1 is 1.35 bits per heavy atom. The van der Waals surface area contributed by atoms with E-state index in [1.807, 2.05) is 0 Å². The summed E-state index contributed by atoms with van der Waals surface area (Å²) in [6, 6.07) is 5.08. The average Bonchev–Trinajstić information content (AvgIpc) is 2.50. The van der Waals surface area contributed by atoms with E-state index in [9.17, 15) is 4.79 Å². The molecule has 1 amide bonds. The number of amidine groups is 1. The fourth-order valence-electron chi connectivity index (χ4n) is 1.77. The van der Waals surface area contributed by atoms with Crippen LogP contribution in [0.5, 0.6) is 11.5 Å². The highest BCUT2D eigenvalue weighted by atomic mass is 16.5. The van der Waals surface area contributed by atoms with Crippen LogP contribution >= 0.6 is 0 Å². The Labute approximate surface area is 117 Å². The lowest BCUT2D eigenvalue weighted by molar-refractivity contribution is 0.0779. The predicted molar refractivity (Wildman–Crippen MR) is 74.5 cm³/mol. The molecule has 7 nitrogen and oxygen atoms in total. The molecule has 1 aromatic carbocycles. The van der Waals surface area contributed by atoms with E-state index in [2.05, 4.69) is 5.16 Å². The smallest absolute Gasteiger partial charge is 0.261 e. The van der Waals surface area contributed by atoms with Gasteiger partial charge in [-0.1, -0.05) is 11.2 Å². The van der Waals surface area contributed by atoms with Crippen LogP contribution in [0.1, 0.15) is 17.3 Å². The first-order chi connectivity index (χ1) is 9.58. The van der Waals surface area contributed by atoms with Crippen LogP contribution in [0, 0.1) is 0 Å². The molecule has 0 aliphatic rings. The number of carbonyl (C=O) groups is 1. The molecule has 0 saturated carbocycles. The van der Waals surface area contributed by atoms with Crippen LogP contribution in [-0.4, -0.2) is 49.2 Å². The Morgan fingerprint density at radius 2 is 1.90 bits per heavy atom. The van der Waals surface area contributed by atoms with Crippen LogP contribution in [0.25, 0.3) is 0 Å². The number of rotatable bonds is 6. The number of benzene rings is 1. The molecule has 0 heterocycles. The van der Waals surface area contributed by atoms with Crippen molar-refractivity contribution in [3.63, 3.8) is 0 Å². The first kappa shape index (κ1) is 15.6. The highest BCUT2D eigenvalue weighted by Gasteiger charge is 2.23. The third-order valence-corrected chi connectivity index (χ3v) is 2.79. The molecule has 7 heteroatoms. The van der Waals surface area contributed by atoms with Crippen molar-refractivity contribution in [2.45, 2.75) is 6.92 Å². The van der Waals surface area contributed by atoms with Gasteiger partial charge < -0.3 is 25.3 Å². The molecule has 0 saturated heterocycles. The second-order valence-electron chi connectivity index (χ2n) is 3.95. The number of amides is 1. The van der Waals surface area contributed by atoms with Gasteiger partial charge in [-0.3, -0.25) is 4.79 Å². The monoisotopic (exact) mass is 281 g/mol. The van der Waals surface area contributed by atoms with Crippen LogP contribution in [0.15, 0.2) is 23.4 Å². The topological polar surface area (TPSA) is 97.4 Å². The first-order valence-electron chi connectivity index (χ1n) is 6.05. The minimum atomic E-state index is -0.312. The lowest BCUT2D eigenvalue weighted by atomic mass is 10.1. The molecule has 0 atom stereocenters. The maximum absolute atomic E-state index is 12.6. The van der Waals surface area contributed by atoms with Crippen LogP contribution in [-0.2, 0) is 0 Å². The molecule has 1 aromatic rings. The zero-order chi connectivity index (χ0) is 15.1. The number of oxime groups is 1. The Balaban J connectivity index is 3.17. The molecule has 0 radical (unpaired) electrons. The molecule has 3 N–H and O–H groups in total. The van der Waals surface area contributed by atoms with Gasteiger partial charge in [0.15, 0.2) is 5.84 Å². The van der Waals surface area contributed by atoms with Gasteiger partial charge in [0, 0.05) is 6.54 Å². The summed E-state index contributed by atoms with van der Waals surface area (Å²) in [4.78, 5) is 14.0. The Kier molecular flexibility index (Phi) is 5.64. The number of nitrogens with zero attached hydrogens (tertiary/aromatic N) is 2. The lowest BCUT2D eigenvalue weighted by Crippen LogP contribution is -2.38. The molecule has 0 fully saturated rings. The van der Waals surface area contributed by atoms with Crippen LogP contribution in [0.4, 0.5) is 0 Å². The molecule has 0 bridgehead atoms. The van der Waals surface area contributed by atoms with Crippen molar-refractivity contribution in [2.75, 3.05) is 27.3 Å². The van der Waals surface area contributed by atoms with Gasteiger partial charge in [0.2, 0.25) is 0 Å². The Bertz CT molecular complexity index is 480. The lowest BCUT2D eigenvalue weighted by Gasteiger charge is -2.22. The van der Waals surface area contributed by atoms with Crippen molar-refractivity contribution in [3.05, 3.63) is 23.8 Å². The normalized spacial score (nSPS) is 11.1. The molecular formula is C13H19N3O4. The van der Waals surface area contributed by atoms with E-state index in [-0.39, 0.29) is 18.3 Å². The van der Waals surface area contributed by atoms with Gasteiger partial charge in [-0.05, 0) is 19.1 Å². The van der Waals surface area contributed by atoms with Crippen molar-refractivity contribution in [1.82, 2.24) is 4.90 Å². The number of ether oxygens (including phenoxy) is 2. The van der Waals surface area contributed by atoms with Gasteiger partial charge in [-0.2, -0.15) is 0 Å². The number of hydrogen-bond acceptors (Lipinski definition) is 5. The molecule has 0 aliphatic heterocycles. The van der Waals surface area contributed by atoms with Crippen molar-refractivity contribution < 1.29 is 19.5 Å². The molecule has 110 valence electrons. The third kappa shape index (κ3) is 3.31. The van der Waals surface area contributed by atoms with E-state index < -0.39 is 0 Å². The minimum absolute atomic E-state index is 0.0209. The molecule has 0 aliphatic carbocycles. The van der Waals surface area contributed by atoms with Gasteiger partial charge >= 0.3 is 0 Å². The highest BCUT2D eigenvalue weighted by molar-refractivity contribution is 6.01. The summed E-state index contributed by atoms with van der Waals surface area (Å²) in [5.41, 5.74) is 5.76. The molecule has 0 unspecified atom stereocenters. The summed E-state index contributed by atoms with van der Waals surface area (Å²) in [7, 11) is 2.96. The number of likely N-dealkylation sites (N-methyl/N-ethyl adjacent to an activating group) is 1. The van der Waals surface area contributed by atoms with Crippen molar-refractivity contribution >= 4 is 11.7 Å². The van der Waals surface area contributed by atoms with E-state index in [1.54, 1.807) is 25.1 Å². The number of methoxy groups -OCH3 is 2. The summed E-state index contributed by atoms with van der Waals surface area (Å²) < 4.78 is 10.4. The number of hydrogen-bond donors (Lipinski definition) is 2. The van der Waals surface area contributed by atoms with Gasteiger partial charge in [0.05, 0.1) is 20.8 Å². The standard InChI is InChI=1S/C13H19N3O4/c1-4-16(8-11(14)15-18)13(17)12-9(19-2)6-5-7-10(12)20-3/h5-7,18H,4,8H2,1-3H3,(H2,14,15). The van der Waals surface area contributed by atoms with E-state index in [0.29, 0.717) is 23.6 Å². The van der Waals surface area contributed by atoms with Crippen molar-refractivity contribution in [2.24, 2.45) is 10.9 Å². The number of nitrogens with two attached hydrogens (primary N) is 1. The van der Waals surface area contributed by atoms with Crippen molar-refractivity contribution in [1.29, 1.82) is 0 Å². The van der Waals surface area contributed by atoms with E-state index in [1.165, 1.54) is 19.1 Å². The molecule has 0 aromatic heterocycles. The Hall–Kier alpha value is -2.44. The predicted octanol–water partition coefficient (Wildman–Crippen LogP) is 0.912. The highest BCUT2D eigenvalue weighted by Crippen LogP contribution is 2.29. The summed E-state index contributed by atoms with van der Waals surface area (Å²) in [6.45, 7) is 2.22. The minimum Gasteiger partial charge on any atom is -0.496 e. The second-order valence-corrected chi connectivity index (χ2v) is 3.95. The fraction of sp³-hybridized carbons (Fsp3) is 0.385. The largest absolute Gasteiger partial charge is 0.496 e. The zero-order valence-corrected chi connectivity index (χ0v) is 11.8.